The zero-order chi connectivity index (χ0) is 7.49. The van der Waals surface area contributed by atoms with Crippen LogP contribution < -0.4 is 0 Å². The molecule has 0 saturated heterocycles. The summed E-state index contributed by atoms with van der Waals surface area (Å²) in [5.41, 5.74) is 0. The summed E-state index contributed by atoms with van der Waals surface area (Å²) in [6.07, 6.45) is -4.16. The highest BCUT2D eigenvalue weighted by molar-refractivity contribution is 5.01. The molecule has 9 heavy (non-hydrogen) atoms. The lowest BCUT2D eigenvalue weighted by Gasteiger charge is -2.07. The van der Waals surface area contributed by atoms with Crippen molar-refractivity contribution in [1.29, 1.82) is 0 Å². The molecule has 0 radical (unpaired) electrons. The van der Waals surface area contributed by atoms with Crippen LogP contribution in [0.15, 0.2) is 0 Å². The van der Waals surface area contributed by atoms with E-state index in [1.54, 1.807) is 0 Å². The molecule has 1 atom stereocenters. The van der Waals surface area contributed by atoms with E-state index in [9.17, 15) is 13.2 Å². The van der Waals surface area contributed by atoms with Gasteiger partial charge in [-0.1, -0.05) is 5.92 Å². The van der Waals surface area contributed by atoms with Gasteiger partial charge in [0.2, 0.25) is 0 Å². The van der Waals surface area contributed by atoms with Crippen molar-refractivity contribution in [3.05, 3.63) is 0 Å². The van der Waals surface area contributed by atoms with Crippen LogP contribution in [0.2, 0.25) is 0 Å². The average Bonchev–Trinajstić information content (AvgIpc) is 1.64. The third-order valence-electron chi connectivity index (χ3n) is 0.852. The van der Waals surface area contributed by atoms with Crippen LogP contribution in [0.25, 0.3) is 0 Å². The fourth-order valence-electron chi connectivity index (χ4n) is 0.298. The highest BCUT2D eigenvalue weighted by Crippen LogP contribution is 2.24. The Morgan fingerprint density at radius 3 is 1.89 bits per heavy atom. The smallest absolute Gasteiger partial charge is 0.170 e. The maximum atomic E-state index is 11.5. The topological polar surface area (TPSA) is 0 Å². The van der Waals surface area contributed by atoms with E-state index in [1.165, 1.54) is 6.92 Å². The first-order chi connectivity index (χ1) is 3.98. The van der Waals surface area contributed by atoms with Crippen LogP contribution >= 0.6 is 0 Å². The van der Waals surface area contributed by atoms with Crippen molar-refractivity contribution < 1.29 is 13.2 Å². The van der Waals surface area contributed by atoms with Gasteiger partial charge in [-0.25, -0.2) is 0 Å². The molecular weight excluding hydrogens is 129 g/mol. The first-order valence-electron chi connectivity index (χ1n) is 2.47. The van der Waals surface area contributed by atoms with Crippen LogP contribution in [0.3, 0.4) is 0 Å². The van der Waals surface area contributed by atoms with Gasteiger partial charge in [0.1, 0.15) is 5.92 Å². The summed E-state index contributed by atoms with van der Waals surface area (Å²) in [7, 11) is 0. The predicted octanol–water partition coefficient (Wildman–Crippen LogP) is 2.21. The predicted molar refractivity (Wildman–Crippen MR) is 28.7 cm³/mol. The highest BCUT2D eigenvalue weighted by Gasteiger charge is 2.34. The normalized spacial score (nSPS) is 13.9. The van der Waals surface area contributed by atoms with Crippen molar-refractivity contribution in [1.82, 2.24) is 0 Å². The number of rotatable bonds is 0. The van der Waals surface area contributed by atoms with E-state index in [2.05, 4.69) is 5.92 Å². The lowest BCUT2D eigenvalue weighted by Crippen LogP contribution is -2.17. The minimum Gasteiger partial charge on any atom is -0.170 e. The second kappa shape index (κ2) is 2.77. The molecule has 0 aliphatic heterocycles. The van der Waals surface area contributed by atoms with Gasteiger partial charge in [-0.2, -0.15) is 13.2 Å². The molecule has 0 aromatic carbocycles. The SMILES string of the molecule is CC#C[C@H](C)C(F)(F)F. The summed E-state index contributed by atoms with van der Waals surface area (Å²) in [5.74, 6) is 2.72. The second-order valence-electron chi connectivity index (χ2n) is 1.66. The van der Waals surface area contributed by atoms with Crippen molar-refractivity contribution >= 4 is 0 Å². The molecule has 0 aliphatic carbocycles. The van der Waals surface area contributed by atoms with E-state index >= 15 is 0 Å². The first-order valence-corrected chi connectivity index (χ1v) is 2.47. The van der Waals surface area contributed by atoms with Gasteiger partial charge in [0.15, 0.2) is 0 Å². The minimum atomic E-state index is -4.16. The van der Waals surface area contributed by atoms with Crippen LogP contribution in [-0.2, 0) is 0 Å². The minimum absolute atomic E-state index is 1.04. The van der Waals surface area contributed by atoms with Gasteiger partial charge in [0, 0.05) is 0 Å². The van der Waals surface area contributed by atoms with Crippen molar-refractivity contribution in [2.75, 3.05) is 0 Å². The van der Waals surface area contributed by atoms with Gasteiger partial charge in [-0.05, 0) is 13.8 Å². The number of hydrogen-bond acceptors (Lipinski definition) is 0. The molecule has 0 unspecified atom stereocenters. The number of halogens is 3. The maximum Gasteiger partial charge on any atom is 0.402 e. The molecule has 3 heteroatoms. The van der Waals surface area contributed by atoms with Crippen molar-refractivity contribution in [2.24, 2.45) is 5.92 Å². The molecule has 52 valence electrons. The van der Waals surface area contributed by atoms with Crippen molar-refractivity contribution in [3.63, 3.8) is 0 Å². The fraction of sp³-hybridized carbons (Fsp3) is 0.667. The summed E-state index contributed by atoms with van der Waals surface area (Å²) < 4.78 is 34.6. The monoisotopic (exact) mass is 136 g/mol. The molecule has 0 fully saturated rings. The summed E-state index contributed by atoms with van der Waals surface area (Å²) >= 11 is 0. The molecule has 0 heterocycles. The molecule has 0 spiro atoms. The van der Waals surface area contributed by atoms with Crippen LogP contribution in [0.5, 0.6) is 0 Å². The number of hydrogen-bond donors (Lipinski definition) is 0. The summed E-state index contributed by atoms with van der Waals surface area (Å²) in [6, 6.07) is 0. The van der Waals surface area contributed by atoms with E-state index in [0.29, 0.717) is 0 Å². The van der Waals surface area contributed by atoms with Crippen LogP contribution in [0.1, 0.15) is 13.8 Å². The summed E-state index contributed by atoms with van der Waals surface area (Å²) in [5, 5.41) is 0. The lowest BCUT2D eigenvalue weighted by atomic mass is 10.2. The Balaban J connectivity index is 3.99. The van der Waals surface area contributed by atoms with Gasteiger partial charge in [0.05, 0.1) is 0 Å². The molecule has 0 N–H and O–H groups in total. The van der Waals surface area contributed by atoms with E-state index in [-0.39, 0.29) is 0 Å². The van der Waals surface area contributed by atoms with E-state index in [4.69, 9.17) is 0 Å². The Morgan fingerprint density at radius 2 is 1.78 bits per heavy atom. The van der Waals surface area contributed by atoms with Gasteiger partial charge in [-0.15, -0.1) is 5.92 Å². The standard InChI is InChI=1S/C6H7F3/c1-3-4-5(2)6(7,8)9/h5H,1-2H3/t5-/m0/s1. The van der Waals surface area contributed by atoms with Crippen LogP contribution in [0, 0.1) is 17.8 Å². The third-order valence-corrected chi connectivity index (χ3v) is 0.852. The summed E-state index contributed by atoms with van der Waals surface area (Å²) in [4.78, 5) is 0. The van der Waals surface area contributed by atoms with Gasteiger partial charge >= 0.3 is 6.18 Å². The Labute approximate surface area is 52.1 Å². The Kier molecular flexibility index (Phi) is 2.57. The zero-order valence-corrected chi connectivity index (χ0v) is 5.21. The van der Waals surface area contributed by atoms with Gasteiger partial charge in [-0.3, -0.25) is 0 Å². The molecule has 0 aromatic rings. The molecule has 0 aromatic heterocycles. The molecule has 0 nitrogen and oxygen atoms in total. The van der Waals surface area contributed by atoms with Crippen molar-refractivity contribution in [3.8, 4) is 11.8 Å². The Hall–Kier alpha value is -0.650. The van der Waals surface area contributed by atoms with Gasteiger partial charge < -0.3 is 0 Å². The van der Waals surface area contributed by atoms with Crippen LogP contribution in [0.4, 0.5) is 13.2 Å². The van der Waals surface area contributed by atoms with Crippen molar-refractivity contribution in [2.45, 2.75) is 20.0 Å². The Bertz CT molecular complexity index is 135. The maximum absolute atomic E-state index is 11.5. The highest BCUT2D eigenvalue weighted by atomic mass is 19.4. The van der Waals surface area contributed by atoms with E-state index in [1.807, 2.05) is 5.92 Å². The summed E-state index contributed by atoms with van der Waals surface area (Å²) in [6.45, 7) is 2.43. The second-order valence-corrected chi connectivity index (χ2v) is 1.66. The molecule has 0 saturated carbocycles. The Morgan fingerprint density at radius 1 is 1.33 bits per heavy atom. The molecule has 0 bridgehead atoms. The van der Waals surface area contributed by atoms with Crippen LogP contribution in [-0.4, -0.2) is 6.18 Å². The molecule has 0 aliphatic rings. The first kappa shape index (κ1) is 8.35. The largest absolute Gasteiger partial charge is 0.402 e. The molecule has 0 rings (SSSR count). The number of alkyl halides is 3. The lowest BCUT2D eigenvalue weighted by molar-refractivity contribution is -0.153. The zero-order valence-electron chi connectivity index (χ0n) is 5.21. The molecule has 0 amide bonds. The average molecular weight is 136 g/mol. The van der Waals surface area contributed by atoms with E-state index in [0.717, 1.165) is 6.92 Å². The molecular formula is C6H7F3. The fourth-order valence-corrected chi connectivity index (χ4v) is 0.298. The third kappa shape index (κ3) is 3.02. The quantitative estimate of drug-likeness (QED) is 0.448. The van der Waals surface area contributed by atoms with E-state index < -0.39 is 12.1 Å². The van der Waals surface area contributed by atoms with Gasteiger partial charge in [0.25, 0.3) is 0 Å².